The molecule has 0 aromatic rings. The van der Waals surface area contributed by atoms with Gasteiger partial charge in [-0.25, -0.2) is 0 Å². The molecule has 0 radical (unpaired) electrons. The summed E-state index contributed by atoms with van der Waals surface area (Å²) in [7, 11) is 0. The maximum Gasteiger partial charge on any atom is 0.0500 e. The third-order valence-corrected chi connectivity index (χ3v) is 1.62. The Balaban J connectivity index is 2.95. The van der Waals surface area contributed by atoms with Crippen molar-refractivity contribution < 1.29 is 4.74 Å². The van der Waals surface area contributed by atoms with Crippen LogP contribution < -0.4 is 5.73 Å². The maximum atomic E-state index is 5.44. The average Bonchev–Trinajstić information content (AvgIpc) is 2.04. The summed E-state index contributed by atoms with van der Waals surface area (Å²) < 4.78 is 5.32. The fourth-order valence-electron chi connectivity index (χ4n) is 0.671. The van der Waals surface area contributed by atoms with Crippen molar-refractivity contribution in [2.75, 3.05) is 19.8 Å². The zero-order chi connectivity index (χ0) is 8.53. The molecule has 0 saturated carbocycles. The van der Waals surface area contributed by atoms with Crippen molar-refractivity contribution in [2.45, 2.75) is 19.8 Å². The van der Waals surface area contributed by atoms with Crippen LogP contribution in [0.3, 0.4) is 0 Å². The van der Waals surface area contributed by atoms with Crippen molar-refractivity contribution in [2.24, 2.45) is 11.7 Å². The third kappa shape index (κ3) is 7.56. The van der Waals surface area contributed by atoms with E-state index in [9.17, 15) is 0 Å². The van der Waals surface area contributed by atoms with E-state index in [-0.39, 0.29) is 0 Å². The van der Waals surface area contributed by atoms with Crippen molar-refractivity contribution in [1.29, 1.82) is 0 Å². The normalized spacial score (nSPS) is 12.9. The first-order valence-electron chi connectivity index (χ1n) is 4.20. The summed E-state index contributed by atoms with van der Waals surface area (Å²) in [5, 5.41) is 0. The predicted molar refractivity (Wildman–Crippen MR) is 48.5 cm³/mol. The van der Waals surface area contributed by atoms with Gasteiger partial charge in [0.2, 0.25) is 0 Å². The first-order valence-corrected chi connectivity index (χ1v) is 4.20. The van der Waals surface area contributed by atoms with E-state index < -0.39 is 0 Å². The van der Waals surface area contributed by atoms with Crippen LogP contribution in [0.4, 0.5) is 0 Å². The molecule has 0 saturated heterocycles. The van der Waals surface area contributed by atoms with Gasteiger partial charge in [0.15, 0.2) is 0 Å². The monoisotopic (exact) mass is 157 g/mol. The highest BCUT2D eigenvalue weighted by molar-refractivity contribution is 4.64. The molecule has 0 spiro atoms. The van der Waals surface area contributed by atoms with Crippen LogP contribution in [0.2, 0.25) is 0 Å². The molecule has 0 aromatic carbocycles. The molecule has 1 atom stereocenters. The number of rotatable bonds is 7. The molecule has 0 aliphatic rings. The number of hydrogen-bond donors (Lipinski definition) is 1. The lowest BCUT2D eigenvalue weighted by atomic mass is 10.1. The molecular weight excluding hydrogens is 138 g/mol. The Kier molecular flexibility index (Phi) is 7.52. The zero-order valence-corrected chi connectivity index (χ0v) is 7.38. The van der Waals surface area contributed by atoms with Crippen molar-refractivity contribution >= 4 is 0 Å². The fourth-order valence-corrected chi connectivity index (χ4v) is 0.671. The molecule has 0 rings (SSSR count). The Morgan fingerprint density at radius 3 is 2.82 bits per heavy atom. The van der Waals surface area contributed by atoms with E-state index in [0.717, 1.165) is 32.6 Å². The molecule has 0 bridgehead atoms. The summed E-state index contributed by atoms with van der Waals surface area (Å²) >= 11 is 0. The van der Waals surface area contributed by atoms with Gasteiger partial charge in [0.25, 0.3) is 0 Å². The molecule has 0 heterocycles. The second-order valence-electron chi connectivity index (χ2n) is 2.82. The van der Waals surface area contributed by atoms with Crippen molar-refractivity contribution in [3.05, 3.63) is 12.7 Å². The molecule has 0 aliphatic carbocycles. The number of ether oxygens (including phenoxy) is 1. The van der Waals surface area contributed by atoms with Crippen LogP contribution in [0.1, 0.15) is 19.8 Å². The second kappa shape index (κ2) is 7.76. The zero-order valence-electron chi connectivity index (χ0n) is 7.38. The standard InChI is InChI=1S/C9H19NO/c1-3-4-6-11-7-5-9(2)8-10/h3,9H,1,4-8,10H2,2H3. The highest BCUT2D eigenvalue weighted by Crippen LogP contribution is 1.98. The lowest BCUT2D eigenvalue weighted by Gasteiger charge is -2.07. The van der Waals surface area contributed by atoms with E-state index >= 15 is 0 Å². The van der Waals surface area contributed by atoms with Crippen molar-refractivity contribution in [1.82, 2.24) is 0 Å². The van der Waals surface area contributed by atoms with Gasteiger partial charge in [-0.1, -0.05) is 13.0 Å². The number of nitrogens with two attached hydrogens (primary N) is 1. The summed E-state index contributed by atoms with van der Waals surface area (Å²) in [6.07, 6.45) is 3.87. The van der Waals surface area contributed by atoms with Crippen LogP contribution in [0.15, 0.2) is 12.7 Å². The Morgan fingerprint density at radius 2 is 2.27 bits per heavy atom. The first kappa shape index (κ1) is 10.7. The van der Waals surface area contributed by atoms with Crippen molar-refractivity contribution in [3.8, 4) is 0 Å². The van der Waals surface area contributed by atoms with Gasteiger partial charge in [-0.3, -0.25) is 0 Å². The molecule has 0 aliphatic heterocycles. The van der Waals surface area contributed by atoms with Crippen LogP contribution in [0, 0.1) is 5.92 Å². The van der Waals surface area contributed by atoms with Gasteiger partial charge in [0.05, 0.1) is 0 Å². The quantitative estimate of drug-likeness (QED) is 0.449. The highest BCUT2D eigenvalue weighted by Gasteiger charge is 1.97. The lowest BCUT2D eigenvalue weighted by Crippen LogP contribution is -2.13. The van der Waals surface area contributed by atoms with E-state index in [2.05, 4.69) is 13.5 Å². The van der Waals surface area contributed by atoms with Crippen LogP contribution in [0.5, 0.6) is 0 Å². The van der Waals surface area contributed by atoms with E-state index in [0.29, 0.717) is 5.92 Å². The van der Waals surface area contributed by atoms with Gasteiger partial charge in [0, 0.05) is 13.2 Å². The molecule has 66 valence electrons. The number of hydrogen-bond acceptors (Lipinski definition) is 2. The van der Waals surface area contributed by atoms with E-state index in [1.54, 1.807) is 0 Å². The molecule has 2 nitrogen and oxygen atoms in total. The van der Waals surface area contributed by atoms with E-state index in [1.807, 2.05) is 6.08 Å². The minimum Gasteiger partial charge on any atom is -0.381 e. The largest absolute Gasteiger partial charge is 0.381 e. The topological polar surface area (TPSA) is 35.2 Å². The van der Waals surface area contributed by atoms with Gasteiger partial charge in [0.1, 0.15) is 0 Å². The minimum absolute atomic E-state index is 0.582. The first-order chi connectivity index (χ1) is 5.31. The Labute approximate surface area is 69.4 Å². The summed E-state index contributed by atoms with van der Waals surface area (Å²) in [5.41, 5.74) is 5.44. The Hall–Kier alpha value is -0.340. The summed E-state index contributed by atoms with van der Waals surface area (Å²) in [6, 6.07) is 0. The lowest BCUT2D eigenvalue weighted by molar-refractivity contribution is 0.127. The van der Waals surface area contributed by atoms with Gasteiger partial charge >= 0.3 is 0 Å². The second-order valence-corrected chi connectivity index (χ2v) is 2.82. The van der Waals surface area contributed by atoms with Crippen LogP contribution in [-0.2, 0) is 4.74 Å². The van der Waals surface area contributed by atoms with Crippen LogP contribution in [-0.4, -0.2) is 19.8 Å². The van der Waals surface area contributed by atoms with Gasteiger partial charge in [-0.05, 0) is 25.3 Å². The molecule has 0 fully saturated rings. The molecule has 1 unspecified atom stereocenters. The smallest absolute Gasteiger partial charge is 0.0500 e. The fraction of sp³-hybridized carbons (Fsp3) is 0.778. The molecular formula is C9H19NO. The summed E-state index contributed by atoms with van der Waals surface area (Å²) in [6.45, 7) is 8.12. The Morgan fingerprint density at radius 1 is 1.55 bits per heavy atom. The van der Waals surface area contributed by atoms with Crippen LogP contribution in [0.25, 0.3) is 0 Å². The van der Waals surface area contributed by atoms with Gasteiger partial charge < -0.3 is 10.5 Å². The molecule has 11 heavy (non-hydrogen) atoms. The summed E-state index contributed by atoms with van der Waals surface area (Å²) in [4.78, 5) is 0. The van der Waals surface area contributed by atoms with Crippen molar-refractivity contribution in [3.63, 3.8) is 0 Å². The minimum atomic E-state index is 0.582. The molecule has 2 heteroatoms. The van der Waals surface area contributed by atoms with E-state index in [1.165, 1.54) is 0 Å². The van der Waals surface area contributed by atoms with Crippen LogP contribution >= 0.6 is 0 Å². The Bertz CT molecular complexity index is 93.6. The van der Waals surface area contributed by atoms with Gasteiger partial charge in [-0.2, -0.15) is 0 Å². The third-order valence-electron chi connectivity index (χ3n) is 1.62. The van der Waals surface area contributed by atoms with E-state index in [4.69, 9.17) is 10.5 Å². The van der Waals surface area contributed by atoms with Gasteiger partial charge in [-0.15, -0.1) is 6.58 Å². The predicted octanol–water partition coefficient (Wildman–Crippen LogP) is 1.56. The molecule has 0 aromatic heterocycles. The summed E-state index contributed by atoms with van der Waals surface area (Å²) in [5.74, 6) is 0.582. The highest BCUT2D eigenvalue weighted by atomic mass is 16.5. The average molecular weight is 157 g/mol. The molecule has 0 amide bonds. The SMILES string of the molecule is C=CCCOCCC(C)CN. The maximum absolute atomic E-state index is 5.44. The molecule has 2 N–H and O–H groups in total.